The van der Waals surface area contributed by atoms with Gasteiger partial charge in [0.2, 0.25) is 5.95 Å². The number of hydrogen-bond donors (Lipinski definition) is 2. The molecule has 0 aliphatic carbocycles. The van der Waals surface area contributed by atoms with Crippen LogP contribution in [0.2, 0.25) is 5.02 Å². The Morgan fingerprint density at radius 2 is 2.00 bits per heavy atom. The van der Waals surface area contributed by atoms with E-state index in [1.165, 1.54) is 4.90 Å². The number of fused-ring (bicyclic) bond motifs is 1. The molecule has 1 unspecified atom stereocenters. The summed E-state index contributed by atoms with van der Waals surface area (Å²) in [5, 5.41) is 6.36. The lowest BCUT2D eigenvalue weighted by Gasteiger charge is -2.32. The Morgan fingerprint density at radius 1 is 1.11 bits per heavy atom. The number of nitrogen functional groups attached to an aromatic ring is 1. The van der Waals surface area contributed by atoms with Crippen molar-refractivity contribution in [3.8, 4) is 22.6 Å². The van der Waals surface area contributed by atoms with Gasteiger partial charge in [-0.1, -0.05) is 23.7 Å². The quantitative estimate of drug-likeness (QED) is 0.194. The van der Waals surface area contributed by atoms with Crippen LogP contribution in [0.4, 0.5) is 11.6 Å². The Hall–Kier alpha value is -3.11. The van der Waals surface area contributed by atoms with Crippen molar-refractivity contribution in [3.63, 3.8) is 0 Å². The third kappa shape index (κ3) is 4.92. The van der Waals surface area contributed by atoms with Crippen molar-refractivity contribution < 1.29 is 0 Å². The highest BCUT2D eigenvalue weighted by Crippen LogP contribution is 2.34. The zero-order chi connectivity index (χ0) is 24.5. The Balaban J connectivity index is 1.25. The van der Waals surface area contributed by atoms with Crippen LogP contribution in [0, 0.1) is 0 Å². The number of benzene rings is 2. The van der Waals surface area contributed by atoms with Crippen LogP contribution in [0.25, 0.3) is 27.6 Å². The van der Waals surface area contributed by atoms with Crippen LogP contribution in [0.15, 0.2) is 77.3 Å². The molecule has 10 heteroatoms. The van der Waals surface area contributed by atoms with Crippen LogP contribution < -0.4 is 11.1 Å². The predicted octanol–water partition coefficient (Wildman–Crippen LogP) is 6.34. The molecule has 0 bridgehead atoms. The van der Waals surface area contributed by atoms with Gasteiger partial charge >= 0.3 is 0 Å². The fourth-order valence-electron chi connectivity index (χ4n) is 4.45. The minimum atomic E-state index is 0.258. The van der Waals surface area contributed by atoms with Gasteiger partial charge in [0, 0.05) is 58.1 Å². The summed E-state index contributed by atoms with van der Waals surface area (Å²) >= 11 is 9.40. The number of nitrogens with one attached hydrogen (secondary N) is 1. The number of hydrogen-bond acceptors (Lipinski definition) is 8. The number of nitrogens with two attached hydrogens (primary N) is 1. The van der Waals surface area contributed by atoms with Crippen LogP contribution in [0.5, 0.6) is 0 Å². The molecule has 3 N–H and O–H groups in total. The molecule has 2 aromatic carbocycles. The summed E-state index contributed by atoms with van der Waals surface area (Å²) in [6.07, 6.45) is 6.01. The Labute approximate surface area is 222 Å². The first-order valence-electron chi connectivity index (χ1n) is 11.7. The zero-order valence-electron chi connectivity index (χ0n) is 19.3. The highest BCUT2D eigenvalue weighted by Gasteiger charge is 2.23. The zero-order valence-corrected chi connectivity index (χ0v) is 21.7. The summed E-state index contributed by atoms with van der Waals surface area (Å²) in [6, 6.07) is 18.0. The van der Waals surface area contributed by atoms with Gasteiger partial charge < -0.3 is 11.1 Å². The minimum absolute atomic E-state index is 0.258. The van der Waals surface area contributed by atoms with Crippen molar-refractivity contribution >= 4 is 51.5 Å². The molecular formula is C26H24ClN7S2. The van der Waals surface area contributed by atoms with E-state index in [0.717, 1.165) is 58.6 Å². The first kappa shape index (κ1) is 23.3. The fourth-order valence-corrected chi connectivity index (χ4v) is 6.32. The van der Waals surface area contributed by atoms with Crippen molar-refractivity contribution in [2.45, 2.75) is 23.8 Å². The number of imidazole rings is 1. The molecule has 3 aromatic heterocycles. The van der Waals surface area contributed by atoms with Crippen molar-refractivity contribution in [3.05, 3.63) is 77.4 Å². The number of thiazole rings is 1. The molecule has 1 fully saturated rings. The second kappa shape index (κ2) is 10.1. The van der Waals surface area contributed by atoms with E-state index in [0.29, 0.717) is 11.6 Å². The maximum absolute atomic E-state index is 6.07. The number of piperidine rings is 1. The maximum atomic E-state index is 6.07. The average molecular weight is 534 g/mol. The molecule has 1 saturated heterocycles. The third-order valence-electron chi connectivity index (χ3n) is 6.09. The molecule has 0 amide bonds. The van der Waals surface area contributed by atoms with E-state index in [2.05, 4.69) is 31.1 Å². The maximum Gasteiger partial charge on any atom is 0.223 e. The van der Waals surface area contributed by atoms with Crippen LogP contribution in [0.1, 0.15) is 12.8 Å². The standard InChI is InChI=1S/C26H24ClN7S2/c27-18-6-8-21(9-7-18)36-33-12-2-5-20(16-33)30-25-29-11-10-22(31-25)24-23(17-3-1-4-19(28)15-17)32-26-34(24)13-14-35-26/h1,3-4,6-11,13-15,20H,2,5,12,16,28H2,(H,29,30,31). The van der Waals surface area contributed by atoms with Gasteiger partial charge in [-0.3, -0.25) is 4.40 Å². The monoisotopic (exact) mass is 533 g/mol. The lowest BCUT2D eigenvalue weighted by molar-refractivity contribution is 0.355. The van der Waals surface area contributed by atoms with E-state index >= 15 is 0 Å². The van der Waals surface area contributed by atoms with Gasteiger partial charge in [0.15, 0.2) is 4.96 Å². The van der Waals surface area contributed by atoms with Gasteiger partial charge in [-0.25, -0.2) is 19.3 Å². The molecule has 7 nitrogen and oxygen atoms in total. The molecule has 0 radical (unpaired) electrons. The first-order chi connectivity index (χ1) is 17.6. The molecule has 0 spiro atoms. The number of aromatic nitrogens is 4. The average Bonchev–Trinajstić information content (AvgIpc) is 3.48. The van der Waals surface area contributed by atoms with Crippen LogP contribution in [0.3, 0.4) is 0 Å². The molecule has 182 valence electrons. The number of nitrogens with zero attached hydrogens (tertiary/aromatic N) is 5. The molecule has 4 heterocycles. The SMILES string of the molecule is Nc1cccc(-c2nc3sccn3c2-c2ccnc(NC3CCCN(Sc4ccc(Cl)cc4)C3)n2)c1. The lowest BCUT2D eigenvalue weighted by atomic mass is 10.1. The van der Waals surface area contributed by atoms with E-state index < -0.39 is 0 Å². The number of rotatable bonds is 6. The van der Waals surface area contributed by atoms with Gasteiger partial charge in [-0.05, 0) is 67.3 Å². The molecule has 1 atom stereocenters. The van der Waals surface area contributed by atoms with Crippen LogP contribution >= 0.6 is 34.9 Å². The normalized spacial score (nSPS) is 16.4. The predicted molar refractivity (Wildman–Crippen MR) is 149 cm³/mol. The fraction of sp³-hybridized carbons (Fsp3) is 0.192. The summed E-state index contributed by atoms with van der Waals surface area (Å²) < 4.78 is 4.47. The van der Waals surface area contributed by atoms with E-state index in [4.69, 9.17) is 27.3 Å². The number of halogens is 1. The van der Waals surface area contributed by atoms with E-state index in [-0.39, 0.29) is 6.04 Å². The van der Waals surface area contributed by atoms with Gasteiger partial charge in [0.25, 0.3) is 0 Å². The molecule has 36 heavy (non-hydrogen) atoms. The lowest BCUT2D eigenvalue weighted by Crippen LogP contribution is -2.38. The summed E-state index contributed by atoms with van der Waals surface area (Å²) in [7, 11) is 0. The van der Waals surface area contributed by atoms with Crippen molar-refractivity contribution in [1.82, 2.24) is 23.7 Å². The molecular weight excluding hydrogens is 510 g/mol. The van der Waals surface area contributed by atoms with Gasteiger partial charge in [0.05, 0.1) is 11.4 Å². The Morgan fingerprint density at radius 3 is 2.86 bits per heavy atom. The largest absolute Gasteiger partial charge is 0.399 e. The minimum Gasteiger partial charge on any atom is -0.399 e. The van der Waals surface area contributed by atoms with Crippen LogP contribution in [-0.4, -0.2) is 42.8 Å². The first-order valence-corrected chi connectivity index (χ1v) is 13.8. The molecule has 0 saturated carbocycles. The third-order valence-corrected chi connectivity index (χ3v) is 8.17. The van der Waals surface area contributed by atoms with E-state index in [1.54, 1.807) is 23.3 Å². The van der Waals surface area contributed by atoms with Gasteiger partial charge in [-0.2, -0.15) is 0 Å². The van der Waals surface area contributed by atoms with Crippen molar-refractivity contribution in [2.24, 2.45) is 0 Å². The highest BCUT2D eigenvalue weighted by atomic mass is 35.5. The Bertz CT molecular complexity index is 1500. The van der Waals surface area contributed by atoms with E-state index in [1.807, 2.05) is 60.2 Å². The smallest absolute Gasteiger partial charge is 0.223 e. The molecule has 1 aliphatic heterocycles. The van der Waals surface area contributed by atoms with Gasteiger partial charge in [-0.15, -0.1) is 11.3 Å². The van der Waals surface area contributed by atoms with Crippen molar-refractivity contribution in [2.75, 3.05) is 24.1 Å². The summed E-state index contributed by atoms with van der Waals surface area (Å²) in [6.45, 7) is 1.94. The number of anilines is 2. The van der Waals surface area contributed by atoms with E-state index in [9.17, 15) is 0 Å². The summed E-state index contributed by atoms with van der Waals surface area (Å²) in [4.78, 5) is 16.4. The second-order valence-corrected chi connectivity index (χ2v) is 11.2. The highest BCUT2D eigenvalue weighted by molar-refractivity contribution is 7.97. The van der Waals surface area contributed by atoms with Crippen molar-refractivity contribution in [1.29, 1.82) is 0 Å². The second-order valence-electron chi connectivity index (χ2n) is 8.67. The summed E-state index contributed by atoms with van der Waals surface area (Å²) in [5.41, 5.74) is 10.4. The topological polar surface area (TPSA) is 84.4 Å². The van der Waals surface area contributed by atoms with Crippen LogP contribution in [-0.2, 0) is 0 Å². The van der Waals surface area contributed by atoms with Gasteiger partial charge in [0.1, 0.15) is 5.69 Å². The Kier molecular flexibility index (Phi) is 6.54. The molecule has 5 aromatic rings. The summed E-state index contributed by atoms with van der Waals surface area (Å²) in [5.74, 6) is 0.625. The molecule has 1 aliphatic rings. The molecule has 6 rings (SSSR count).